The molecule has 1 aromatic heterocycles. The number of carbonyl (C=O) groups is 2. The van der Waals surface area contributed by atoms with Crippen LogP contribution in [0.15, 0.2) is 42.6 Å². The minimum atomic E-state index is -0.875. The Morgan fingerprint density at radius 3 is 2.73 bits per heavy atom. The summed E-state index contributed by atoms with van der Waals surface area (Å²) in [5.74, 6) is -1.07. The highest BCUT2D eigenvalue weighted by Crippen LogP contribution is 2.22. The quantitative estimate of drug-likeness (QED) is 0.936. The lowest BCUT2D eigenvalue weighted by Crippen LogP contribution is -2.37. The summed E-state index contributed by atoms with van der Waals surface area (Å²) in [6, 6.07) is 11.0. The normalized spacial score (nSPS) is 17.6. The van der Waals surface area contributed by atoms with Crippen LogP contribution in [0, 0.1) is 0 Å². The molecule has 6 nitrogen and oxygen atoms in total. The third-order valence-corrected chi connectivity index (χ3v) is 3.88. The Bertz CT molecular complexity index is 681. The number of carboxylic acid groups (broad SMARTS) is 1. The molecule has 22 heavy (non-hydrogen) atoms. The number of amides is 1. The number of likely N-dealkylation sites (tertiary alicyclic amines) is 1. The highest BCUT2D eigenvalue weighted by molar-refractivity contribution is 5.93. The molecule has 0 saturated carbocycles. The summed E-state index contributed by atoms with van der Waals surface area (Å²) in [5, 5.41) is 13.3. The minimum Gasteiger partial charge on any atom is -0.481 e. The van der Waals surface area contributed by atoms with Crippen molar-refractivity contribution in [1.29, 1.82) is 0 Å². The SMILES string of the molecule is O=C(O)CC1CCCN1C(=O)c1ccn(-c2ccccc2)n1. The number of hydrogen-bond acceptors (Lipinski definition) is 3. The lowest BCUT2D eigenvalue weighted by atomic mass is 10.1. The second-order valence-corrected chi connectivity index (χ2v) is 5.37. The van der Waals surface area contributed by atoms with E-state index in [4.69, 9.17) is 5.11 Å². The van der Waals surface area contributed by atoms with E-state index in [1.165, 1.54) is 0 Å². The molecule has 0 bridgehead atoms. The Morgan fingerprint density at radius 2 is 2.00 bits per heavy atom. The monoisotopic (exact) mass is 299 g/mol. The molecule has 1 aliphatic heterocycles. The number of aliphatic carboxylic acids is 1. The molecule has 3 rings (SSSR count). The zero-order valence-corrected chi connectivity index (χ0v) is 12.1. The van der Waals surface area contributed by atoms with E-state index in [1.54, 1.807) is 21.8 Å². The number of carbonyl (C=O) groups excluding carboxylic acids is 1. The standard InChI is InChI=1S/C16H17N3O3/c20-15(21)11-13-7-4-9-18(13)16(22)14-8-10-19(17-14)12-5-2-1-3-6-12/h1-3,5-6,8,10,13H,4,7,9,11H2,(H,20,21). The molecule has 1 atom stereocenters. The maximum absolute atomic E-state index is 12.5. The van der Waals surface area contributed by atoms with Crippen LogP contribution in [-0.4, -0.2) is 44.3 Å². The van der Waals surface area contributed by atoms with Gasteiger partial charge < -0.3 is 10.0 Å². The molecule has 1 N–H and O–H groups in total. The van der Waals surface area contributed by atoms with Gasteiger partial charge in [-0.25, -0.2) is 4.68 Å². The molecule has 1 aromatic carbocycles. The summed E-state index contributed by atoms with van der Waals surface area (Å²) >= 11 is 0. The molecule has 1 fully saturated rings. The molecule has 6 heteroatoms. The fourth-order valence-corrected chi connectivity index (χ4v) is 2.83. The van der Waals surface area contributed by atoms with E-state index >= 15 is 0 Å². The first-order valence-electron chi connectivity index (χ1n) is 7.29. The first-order valence-corrected chi connectivity index (χ1v) is 7.29. The highest BCUT2D eigenvalue weighted by Gasteiger charge is 2.31. The van der Waals surface area contributed by atoms with Crippen LogP contribution < -0.4 is 0 Å². The maximum Gasteiger partial charge on any atom is 0.305 e. The summed E-state index contributed by atoms with van der Waals surface area (Å²) in [4.78, 5) is 25.1. The van der Waals surface area contributed by atoms with Crippen molar-refractivity contribution in [3.8, 4) is 5.69 Å². The van der Waals surface area contributed by atoms with E-state index < -0.39 is 5.97 Å². The summed E-state index contributed by atoms with van der Waals surface area (Å²) in [6.45, 7) is 0.592. The summed E-state index contributed by atoms with van der Waals surface area (Å²) in [5.41, 5.74) is 1.23. The van der Waals surface area contributed by atoms with Gasteiger partial charge in [-0.1, -0.05) is 18.2 Å². The topological polar surface area (TPSA) is 75.4 Å². The van der Waals surface area contributed by atoms with Gasteiger partial charge in [-0.05, 0) is 31.0 Å². The van der Waals surface area contributed by atoms with Crippen LogP contribution in [-0.2, 0) is 4.79 Å². The fraction of sp³-hybridized carbons (Fsp3) is 0.312. The van der Waals surface area contributed by atoms with Crippen molar-refractivity contribution >= 4 is 11.9 Å². The first-order chi connectivity index (χ1) is 10.6. The van der Waals surface area contributed by atoms with Gasteiger partial charge in [0.25, 0.3) is 5.91 Å². The lowest BCUT2D eigenvalue weighted by Gasteiger charge is -2.22. The molecule has 1 amide bonds. The molecule has 2 aromatic rings. The van der Waals surface area contributed by atoms with E-state index in [2.05, 4.69) is 5.10 Å². The number of aromatic nitrogens is 2. The predicted octanol–water partition coefficient (Wildman–Crippen LogP) is 1.95. The van der Waals surface area contributed by atoms with Crippen LogP contribution in [0.1, 0.15) is 29.8 Å². The molecular weight excluding hydrogens is 282 g/mol. The van der Waals surface area contributed by atoms with Crippen LogP contribution in [0.4, 0.5) is 0 Å². The van der Waals surface area contributed by atoms with Crippen LogP contribution in [0.25, 0.3) is 5.69 Å². The molecule has 0 spiro atoms. The Balaban J connectivity index is 1.78. The second-order valence-electron chi connectivity index (χ2n) is 5.37. The number of benzene rings is 1. The Morgan fingerprint density at radius 1 is 1.23 bits per heavy atom. The maximum atomic E-state index is 12.5. The molecule has 0 radical (unpaired) electrons. The van der Waals surface area contributed by atoms with E-state index in [0.29, 0.717) is 12.2 Å². The van der Waals surface area contributed by atoms with E-state index in [1.807, 2.05) is 30.3 Å². The third-order valence-electron chi connectivity index (χ3n) is 3.88. The van der Waals surface area contributed by atoms with Crippen molar-refractivity contribution in [3.63, 3.8) is 0 Å². The zero-order chi connectivity index (χ0) is 15.5. The summed E-state index contributed by atoms with van der Waals surface area (Å²) in [6.07, 6.45) is 3.30. The number of para-hydroxylation sites is 1. The number of carboxylic acids is 1. The van der Waals surface area contributed by atoms with E-state index in [-0.39, 0.29) is 18.4 Å². The largest absolute Gasteiger partial charge is 0.481 e. The average Bonchev–Trinajstić information content (AvgIpc) is 3.16. The van der Waals surface area contributed by atoms with Gasteiger partial charge in [0, 0.05) is 18.8 Å². The fourth-order valence-electron chi connectivity index (χ4n) is 2.83. The summed E-state index contributed by atoms with van der Waals surface area (Å²) in [7, 11) is 0. The Hall–Kier alpha value is -2.63. The van der Waals surface area contributed by atoms with Crippen molar-refractivity contribution < 1.29 is 14.7 Å². The van der Waals surface area contributed by atoms with Crippen LogP contribution in [0.3, 0.4) is 0 Å². The number of nitrogens with zero attached hydrogens (tertiary/aromatic N) is 3. The van der Waals surface area contributed by atoms with E-state index in [9.17, 15) is 9.59 Å². The van der Waals surface area contributed by atoms with Crippen molar-refractivity contribution in [2.24, 2.45) is 0 Å². The molecular formula is C16H17N3O3. The molecule has 0 aliphatic carbocycles. The minimum absolute atomic E-state index is 0.00880. The average molecular weight is 299 g/mol. The van der Waals surface area contributed by atoms with Gasteiger partial charge >= 0.3 is 5.97 Å². The van der Waals surface area contributed by atoms with Crippen LogP contribution >= 0.6 is 0 Å². The van der Waals surface area contributed by atoms with Gasteiger partial charge in [0.15, 0.2) is 5.69 Å². The van der Waals surface area contributed by atoms with Gasteiger partial charge in [0.2, 0.25) is 0 Å². The highest BCUT2D eigenvalue weighted by atomic mass is 16.4. The lowest BCUT2D eigenvalue weighted by molar-refractivity contribution is -0.137. The molecule has 2 heterocycles. The van der Waals surface area contributed by atoms with Gasteiger partial charge in [-0.15, -0.1) is 0 Å². The van der Waals surface area contributed by atoms with Gasteiger partial charge in [0.05, 0.1) is 12.1 Å². The molecule has 1 unspecified atom stereocenters. The van der Waals surface area contributed by atoms with Crippen molar-refractivity contribution in [2.75, 3.05) is 6.54 Å². The van der Waals surface area contributed by atoms with Crippen molar-refractivity contribution in [2.45, 2.75) is 25.3 Å². The van der Waals surface area contributed by atoms with Gasteiger partial charge in [-0.3, -0.25) is 9.59 Å². The first kappa shape index (κ1) is 14.3. The Labute approximate surface area is 128 Å². The molecule has 1 aliphatic rings. The Kier molecular flexibility index (Phi) is 3.91. The summed E-state index contributed by atoms with van der Waals surface area (Å²) < 4.78 is 1.65. The van der Waals surface area contributed by atoms with Crippen molar-refractivity contribution in [3.05, 3.63) is 48.3 Å². The molecule has 114 valence electrons. The van der Waals surface area contributed by atoms with Crippen molar-refractivity contribution in [1.82, 2.24) is 14.7 Å². The third kappa shape index (κ3) is 2.86. The number of hydrogen-bond donors (Lipinski definition) is 1. The predicted molar refractivity (Wildman–Crippen MR) is 79.9 cm³/mol. The zero-order valence-electron chi connectivity index (χ0n) is 12.1. The van der Waals surface area contributed by atoms with Crippen LogP contribution in [0.2, 0.25) is 0 Å². The smallest absolute Gasteiger partial charge is 0.305 e. The van der Waals surface area contributed by atoms with Crippen LogP contribution in [0.5, 0.6) is 0 Å². The molecule has 1 saturated heterocycles. The van der Waals surface area contributed by atoms with Gasteiger partial charge in [-0.2, -0.15) is 5.10 Å². The van der Waals surface area contributed by atoms with E-state index in [0.717, 1.165) is 18.5 Å². The van der Waals surface area contributed by atoms with Gasteiger partial charge in [0.1, 0.15) is 0 Å². The second kappa shape index (κ2) is 6.01. The number of rotatable bonds is 4.